The number of rotatable bonds is 24. The van der Waals surface area contributed by atoms with Gasteiger partial charge in [-0.1, -0.05) is 5.92 Å². The van der Waals surface area contributed by atoms with Crippen LogP contribution in [0.3, 0.4) is 0 Å². The third kappa shape index (κ3) is 16.5. The first-order valence-corrected chi connectivity index (χ1v) is 18.0. The number of ether oxygens (including phenoxy) is 15. The second-order valence-electron chi connectivity index (χ2n) is 15.0. The lowest BCUT2D eigenvalue weighted by atomic mass is 10.3. The van der Waals surface area contributed by atoms with E-state index in [-0.39, 0.29) is 70.7 Å². The lowest BCUT2D eigenvalue weighted by Gasteiger charge is -2.26. The first kappa shape index (κ1) is 42.7. The van der Waals surface area contributed by atoms with Gasteiger partial charge >= 0.3 is 0 Å². The molecule has 0 aromatic carbocycles. The Hall–Kier alpha value is -1.04. The summed E-state index contributed by atoms with van der Waals surface area (Å²) in [6.45, 7) is 19.7. The highest BCUT2D eigenvalue weighted by atomic mass is 16.8. The van der Waals surface area contributed by atoms with Crippen LogP contribution < -0.4 is 0 Å². The number of terminal acetylenes is 1. The van der Waals surface area contributed by atoms with E-state index in [4.69, 9.17) is 77.5 Å². The molecular weight excluding hydrogens is 672 g/mol. The summed E-state index contributed by atoms with van der Waals surface area (Å²) in [4.78, 5) is 0. The molecule has 4 aliphatic rings. The lowest BCUT2D eigenvalue weighted by molar-refractivity contribution is -0.159. The van der Waals surface area contributed by atoms with Crippen LogP contribution in [0.1, 0.15) is 55.4 Å². The highest BCUT2D eigenvalue weighted by Crippen LogP contribution is 2.25. The summed E-state index contributed by atoms with van der Waals surface area (Å²) in [7, 11) is 0. The Morgan fingerprint density at radius 3 is 0.980 bits per heavy atom. The van der Waals surface area contributed by atoms with Crippen molar-refractivity contribution >= 4 is 0 Å². The fraction of sp³-hybridized carbons (Fsp3) is 0.944. The molecule has 0 radical (unpaired) electrons. The molecule has 0 aliphatic carbocycles. The Balaban J connectivity index is 1.28. The molecule has 0 spiro atoms. The van der Waals surface area contributed by atoms with E-state index in [9.17, 15) is 0 Å². The van der Waals surface area contributed by atoms with E-state index in [1.165, 1.54) is 0 Å². The monoisotopic (exact) mass is 734 g/mol. The third-order valence-electron chi connectivity index (χ3n) is 8.14. The van der Waals surface area contributed by atoms with E-state index < -0.39 is 41.5 Å². The number of hydrogen-bond donors (Lipinski definition) is 0. The van der Waals surface area contributed by atoms with Crippen LogP contribution in [-0.2, 0) is 71.1 Å². The van der Waals surface area contributed by atoms with Crippen LogP contribution in [0.2, 0.25) is 0 Å². The summed E-state index contributed by atoms with van der Waals surface area (Å²) >= 11 is 0. The maximum absolute atomic E-state index is 6.29. The van der Waals surface area contributed by atoms with Crippen molar-refractivity contribution in [1.29, 1.82) is 0 Å². The molecule has 0 amide bonds. The second-order valence-corrected chi connectivity index (χ2v) is 15.0. The average Bonchev–Trinajstić information content (AvgIpc) is 3.80. The van der Waals surface area contributed by atoms with Crippen molar-refractivity contribution in [3.63, 3.8) is 0 Å². The molecule has 0 saturated carbocycles. The van der Waals surface area contributed by atoms with Gasteiger partial charge in [0.1, 0.15) is 49.3 Å². The van der Waals surface area contributed by atoms with Gasteiger partial charge in [-0.15, -0.1) is 6.42 Å². The molecule has 4 atom stereocenters. The molecule has 4 rings (SSSR count). The predicted molar refractivity (Wildman–Crippen MR) is 181 cm³/mol. The maximum atomic E-state index is 6.29. The molecule has 0 aromatic rings. The summed E-state index contributed by atoms with van der Waals surface area (Å²) in [5.41, 5.74) is 0. The summed E-state index contributed by atoms with van der Waals surface area (Å²) in [6.07, 6.45) is 3.50. The Labute approximate surface area is 303 Å². The molecule has 0 aromatic heterocycles. The standard InChI is InChI=1S/C36H62O15/c1-10-11-41-28(20-42-26(12-37-16-29-22-44-33(2,3)48-29)13-38-17-30-23-45-34(4,5)49-30)21-43-27(14-39-18-31-24-46-35(6,7)50-31)15-40-19-32-25-47-36(8,9)51-32/h1,26-32H,11-25H2,2-9H3. The fourth-order valence-electron chi connectivity index (χ4n) is 5.79. The average molecular weight is 735 g/mol. The van der Waals surface area contributed by atoms with E-state index in [1.54, 1.807) is 0 Å². The molecule has 15 heteroatoms. The van der Waals surface area contributed by atoms with E-state index >= 15 is 0 Å². The van der Waals surface area contributed by atoms with Crippen molar-refractivity contribution < 1.29 is 71.1 Å². The van der Waals surface area contributed by atoms with Crippen LogP contribution in [0.4, 0.5) is 0 Å². The van der Waals surface area contributed by atoms with E-state index in [0.717, 1.165) is 0 Å². The molecular formula is C36H62O15. The van der Waals surface area contributed by atoms with Gasteiger partial charge in [0, 0.05) is 0 Å². The zero-order valence-electron chi connectivity index (χ0n) is 31.8. The van der Waals surface area contributed by atoms with Gasteiger partial charge in [0.05, 0.1) is 92.5 Å². The van der Waals surface area contributed by atoms with Crippen molar-refractivity contribution in [2.45, 2.75) is 121 Å². The lowest BCUT2D eigenvalue weighted by Crippen LogP contribution is -2.37. The molecule has 296 valence electrons. The first-order chi connectivity index (χ1) is 24.1. The van der Waals surface area contributed by atoms with Gasteiger partial charge in [-0.05, 0) is 55.4 Å². The summed E-state index contributed by atoms with van der Waals surface area (Å²) < 4.78 is 88.6. The van der Waals surface area contributed by atoms with Gasteiger partial charge in [-0.3, -0.25) is 0 Å². The van der Waals surface area contributed by atoms with Crippen molar-refractivity contribution in [1.82, 2.24) is 0 Å². The second kappa shape index (κ2) is 20.0. The summed E-state index contributed by atoms with van der Waals surface area (Å²) in [6, 6.07) is 0. The van der Waals surface area contributed by atoms with Crippen molar-refractivity contribution in [3.05, 3.63) is 0 Å². The molecule has 0 N–H and O–H groups in total. The molecule has 4 unspecified atom stereocenters. The van der Waals surface area contributed by atoms with Crippen molar-refractivity contribution in [3.8, 4) is 12.3 Å². The Morgan fingerprint density at radius 2 is 0.745 bits per heavy atom. The van der Waals surface area contributed by atoms with Gasteiger partial charge in [-0.25, -0.2) is 0 Å². The van der Waals surface area contributed by atoms with Crippen LogP contribution in [0.15, 0.2) is 0 Å². The smallest absolute Gasteiger partial charge is 0.163 e. The van der Waals surface area contributed by atoms with Gasteiger partial charge in [-0.2, -0.15) is 0 Å². The minimum atomic E-state index is -0.634. The topological polar surface area (TPSA) is 138 Å². The SMILES string of the molecule is C#CCOC(COC(COCC1COC(C)(C)O1)COCC1COC(C)(C)O1)COC(COCC1COC(C)(C)O1)COCC1COC(C)(C)O1. The molecule has 4 heterocycles. The molecule has 4 aliphatic heterocycles. The number of hydrogen-bond acceptors (Lipinski definition) is 15. The normalized spacial score (nSPS) is 29.6. The zero-order chi connectivity index (χ0) is 37.0. The van der Waals surface area contributed by atoms with E-state index in [0.29, 0.717) is 52.9 Å². The Kier molecular flexibility index (Phi) is 16.8. The van der Waals surface area contributed by atoms with Gasteiger partial charge in [0.25, 0.3) is 0 Å². The van der Waals surface area contributed by atoms with Gasteiger partial charge in [0.2, 0.25) is 0 Å². The van der Waals surface area contributed by atoms with E-state index in [2.05, 4.69) is 5.92 Å². The van der Waals surface area contributed by atoms with Crippen LogP contribution in [0.25, 0.3) is 0 Å². The van der Waals surface area contributed by atoms with Gasteiger partial charge < -0.3 is 71.1 Å². The van der Waals surface area contributed by atoms with E-state index in [1.807, 2.05) is 55.4 Å². The first-order valence-electron chi connectivity index (χ1n) is 18.0. The van der Waals surface area contributed by atoms with Crippen LogP contribution in [-0.4, -0.2) is 165 Å². The molecule has 4 saturated heterocycles. The zero-order valence-corrected chi connectivity index (χ0v) is 31.8. The highest BCUT2D eigenvalue weighted by molar-refractivity contribution is 4.84. The fourth-order valence-corrected chi connectivity index (χ4v) is 5.79. The van der Waals surface area contributed by atoms with Gasteiger partial charge in [0.15, 0.2) is 23.1 Å². The maximum Gasteiger partial charge on any atom is 0.163 e. The van der Waals surface area contributed by atoms with Crippen molar-refractivity contribution in [2.75, 3.05) is 99.1 Å². The molecule has 4 fully saturated rings. The van der Waals surface area contributed by atoms with Crippen LogP contribution in [0.5, 0.6) is 0 Å². The van der Waals surface area contributed by atoms with Crippen LogP contribution >= 0.6 is 0 Å². The Bertz CT molecular complexity index is 910. The van der Waals surface area contributed by atoms with Crippen molar-refractivity contribution in [2.24, 2.45) is 0 Å². The Morgan fingerprint density at radius 1 is 0.471 bits per heavy atom. The summed E-state index contributed by atoms with van der Waals surface area (Å²) in [5.74, 6) is -0.00914. The minimum Gasteiger partial charge on any atom is -0.376 e. The summed E-state index contributed by atoms with van der Waals surface area (Å²) in [5, 5.41) is 0. The van der Waals surface area contributed by atoms with Crippen LogP contribution in [0, 0.1) is 12.3 Å². The highest BCUT2D eigenvalue weighted by Gasteiger charge is 2.36. The molecule has 0 bridgehead atoms. The molecule has 15 nitrogen and oxygen atoms in total. The molecule has 51 heavy (non-hydrogen) atoms. The minimum absolute atomic E-state index is 0.0833. The predicted octanol–water partition coefficient (Wildman–Crippen LogP) is 2.45. The third-order valence-corrected chi connectivity index (χ3v) is 8.14. The quantitative estimate of drug-likeness (QED) is 0.134. The largest absolute Gasteiger partial charge is 0.376 e.